The summed E-state index contributed by atoms with van der Waals surface area (Å²) >= 11 is 0. The number of allylic oxidation sites excluding steroid dienone is 6. The van der Waals surface area contributed by atoms with Gasteiger partial charge in [-0.25, -0.2) is 0 Å². The molecular weight excluding hydrogens is 446 g/mol. The van der Waals surface area contributed by atoms with Crippen molar-refractivity contribution in [2.24, 2.45) is 0 Å². The highest BCUT2D eigenvalue weighted by atomic mass is 15.1. The highest BCUT2D eigenvalue weighted by Crippen LogP contribution is 2.36. The summed E-state index contributed by atoms with van der Waals surface area (Å²) in [5.74, 6) is 0.277. The van der Waals surface area contributed by atoms with Gasteiger partial charge in [0.1, 0.15) is 0 Å². The zero-order chi connectivity index (χ0) is 25.9. The van der Waals surface area contributed by atoms with Gasteiger partial charge in [-0.1, -0.05) is 121 Å². The Morgan fingerprint density at radius 1 is 0.784 bits per heavy atom. The van der Waals surface area contributed by atoms with Gasteiger partial charge in [0.25, 0.3) is 0 Å². The van der Waals surface area contributed by atoms with Crippen LogP contribution in [0.2, 0.25) is 0 Å². The quantitative estimate of drug-likeness (QED) is 0.161. The van der Waals surface area contributed by atoms with Gasteiger partial charge in [0, 0.05) is 23.5 Å². The molecule has 1 nitrogen and oxygen atoms in total. The Morgan fingerprint density at radius 3 is 1.97 bits per heavy atom. The van der Waals surface area contributed by atoms with Crippen molar-refractivity contribution in [3.63, 3.8) is 0 Å². The van der Waals surface area contributed by atoms with Crippen LogP contribution in [0, 0.1) is 0 Å². The summed E-state index contributed by atoms with van der Waals surface area (Å²) in [4.78, 5) is 2.27. The molecule has 0 aliphatic carbocycles. The number of hydrogen-bond donors (Lipinski definition) is 0. The van der Waals surface area contributed by atoms with Gasteiger partial charge in [-0.3, -0.25) is 0 Å². The third kappa shape index (κ3) is 6.65. The molecule has 0 heterocycles. The van der Waals surface area contributed by atoms with E-state index in [1.54, 1.807) is 0 Å². The first-order valence-electron chi connectivity index (χ1n) is 12.9. The van der Waals surface area contributed by atoms with Crippen LogP contribution >= 0.6 is 0 Å². The molecule has 0 aliphatic heterocycles. The molecule has 4 aromatic carbocycles. The Morgan fingerprint density at radius 2 is 1.38 bits per heavy atom. The van der Waals surface area contributed by atoms with E-state index in [-0.39, 0.29) is 5.92 Å². The topological polar surface area (TPSA) is 3.24 Å². The lowest BCUT2D eigenvalue weighted by molar-refractivity contribution is 0.862. The summed E-state index contributed by atoms with van der Waals surface area (Å²) < 4.78 is 0. The van der Waals surface area contributed by atoms with Crippen molar-refractivity contribution >= 4 is 5.69 Å². The second-order valence-electron chi connectivity index (χ2n) is 9.04. The SMILES string of the molecule is C=CC(C/C=C/N(/C(C)=C/C=C\C)c1ccc(-c2ccccc2)c(-c2ccccc2)c1)c1ccccc1. The molecule has 0 saturated carbocycles. The highest BCUT2D eigenvalue weighted by molar-refractivity contribution is 5.86. The van der Waals surface area contributed by atoms with Crippen LogP contribution in [0.4, 0.5) is 5.69 Å². The van der Waals surface area contributed by atoms with Crippen LogP contribution in [-0.4, -0.2) is 0 Å². The van der Waals surface area contributed by atoms with Crippen LogP contribution in [0.5, 0.6) is 0 Å². The highest BCUT2D eigenvalue weighted by Gasteiger charge is 2.13. The van der Waals surface area contributed by atoms with Gasteiger partial charge in [0.2, 0.25) is 0 Å². The van der Waals surface area contributed by atoms with Crippen LogP contribution in [0.15, 0.2) is 158 Å². The first-order valence-corrected chi connectivity index (χ1v) is 12.9. The maximum absolute atomic E-state index is 4.08. The van der Waals surface area contributed by atoms with Crippen molar-refractivity contribution in [1.29, 1.82) is 0 Å². The molecule has 1 atom stereocenters. The lowest BCUT2D eigenvalue weighted by atomic mass is 9.93. The number of anilines is 1. The smallest absolute Gasteiger partial charge is 0.0458 e. The maximum Gasteiger partial charge on any atom is 0.0458 e. The number of benzene rings is 4. The first-order chi connectivity index (χ1) is 18.2. The van der Waals surface area contributed by atoms with Crippen LogP contribution in [-0.2, 0) is 0 Å². The van der Waals surface area contributed by atoms with Gasteiger partial charge in [-0.15, -0.1) is 6.58 Å². The van der Waals surface area contributed by atoms with Crippen LogP contribution in [0.3, 0.4) is 0 Å². The average molecular weight is 482 g/mol. The van der Waals surface area contributed by atoms with Crippen molar-refractivity contribution < 1.29 is 0 Å². The Labute approximate surface area is 222 Å². The van der Waals surface area contributed by atoms with E-state index >= 15 is 0 Å². The molecule has 184 valence electrons. The Bertz CT molecular complexity index is 1360. The standard InChI is InChI=1S/C36H35N/c1-4-6-17-29(3)37(27-16-24-30(5-2)31-18-10-7-11-19-31)34-25-26-35(32-20-12-8-13-21-32)36(28-34)33-22-14-9-15-23-33/h4-23,25-28,30H,2,24H2,1,3H3/b6-4-,27-16+,29-17+. The Kier molecular flexibility index (Phi) is 9.10. The molecule has 0 radical (unpaired) electrons. The second-order valence-corrected chi connectivity index (χ2v) is 9.04. The van der Waals surface area contributed by atoms with Crippen molar-refractivity contribution in [3.05, 3.63) is 164 Å². The van der Waals surface area contributed by atoms with Gasteiger partial charge in [-0.2, -0.15) is 0 Å². The van der Waals surface area contributed by atoms with E-state index in [0.717, 1.165) is 17.8 Å². The lowest BCUT2D eigenvalue weighted by Crippen LogP contribution is -2.13. The summed E-state index contributed by atoms with van der Waals surface area (Å²) in [6.07, 6.45) is 13.7. The summed E-state index contributed by atoms with van der Waals surface area (Å²) in [5.41, 5.74) is 8.43. The van der Waals surface area contributed by atoms with E-state index in [1.165, 1.54) is 27.8 Å². The van der Waals surface area contributed by atoms with Crippen molar-refractivity contribution in [2.45, 2.75) is 26.2 Å². The predicted octanol–water partition coefficient (Wildman–Crippen LogP) is 10.2. The minimum absolute atomic E-state index is 0.277. The fourth-order valence-corrected chi connectivity index (χ4v) is 4.51. The molecule has 0 fully saturated rings. The zero-order valence-electron chi connectivity index (χ0n) is 21.8. The van der Waals surface area contributed by atoms with Crippen molar-refractivity contribution in [2.75, 3.05) is 4.90 Å². The van der Waals surface area contributed by atoms with E-state index in [4.69, 9.17) is 0 Å². The Balaban J connectivity index is 1.74. The molecule has 0 spiro atoms. The monoisotopic (exact) mass is 481 g/mol. The normalized spacial score (nSPS) is 12.6. The fraction of sp³-hybridized carbons (Fsp3) is 0.111. The largest absolute Gasteiger partial charge is 0.321 e. The summed E-state index contributed by atoms with van der Waals surface area (Å²) in [7, 11) is 0. The van der Waals surface area contributed by atoms with E-state index < -0.39 is 0 Å². The van der Waals surface area contributed by atoms with E-state index in [1.807, 2.05) is 13.0 Å². The molecule has 1 heteroatoms. The molecule has 4 aromatic rings. The first kappa shape index (κ1) is 25.7. The average Bonchev–Trinajstić information content (AvgIpc) is 2.97. The minimum Gasteiger partial charge on any atom is -0.321 e. The molecule has 1 unspecified atom stereocenters. The summed E-state index contributed by atoms with van der Waals surface area (Å²) in [5, 5.41) is 0. The predicted molar refractivity (Wildman–Crippen MR) is 162 cm³/mol. The number of hydrogen-bond acceptors (Lipinski definition) is 1. The van der Waals surface area contributed by atoms with Gasteiger partial charge in [0.05, 0.1) is 0 Å². The molecule has 0 N–H and O–H groups in total. The molecule has 0 bridgehead atoms. The van der Waals surface area contributed by atoms with Crippen molar-refractivity contribution in [3.8, 4) is 22.3 Å². The minimum atomic E-state index is 0.277. The molecule has 0 amide bonds. The van der Waals surface area contributed by atoms with Crippen LogP contribution in [0.1, 0.15) is 31.7 Å². The van der Waals surface area contributed by atoms with Gasteiger partial charge >= 0.3 is 0 Å². The zero-order valence-corrected chi connectivity index (χ0v) is 21.8. The Hall–Kier alpha value is -4.36. The molecule has 37 heavy (non-hydrogen) atoms. The summed E-state index contributed by atoms with van der Waals surface area (Å²) in [6.45, 7) is 8.28. The van der Waals surface area contributed by atoms with Gasteiger partial charge in [0.15, 0.2) is 0 Å². The van der Waals surface area contributed by atoms with Crippen molar-refractivity contribution in [1.82, 2.24) is 0 Å². The molecule has 0 aliphatic rings. The molecule has 0 saturated heterocycles. The van der Waals surface area contributed by atoms with Crippen LogP contribution < -0.4 is 4.90 Å². The van der Waals surface area contributed by atoms with E-state index in [0.29, 0.717) is 0 Å². The number of nitrogens with zero attached hydrogens (tertiary/aromatic N) is 1. The van der Waals surface area contributed by atoms with Crippen LogP contribution in [0.25, 0.3) is 22.3 Å². The summed E-state index contributed by atoms with van der Waals surface area (Å²) in [6, 6.07) is 38.6. The lowest BCUT2D eigenvalue weighted by Gasteiger charge is -2.24. The molecule has 4 rings (SSSR count). The third-order valence-corrected chi connectivity index (χ3v) is 6.52. The maximum atomic E-state index is 4.08. The van der Waals surface area contributed by atoms with E-state index in [2.05, 4.69) is 158 Å². The van der Waals surface area contributed by atoms with Gasteiger partial charge < -0.3 is 4.90 Å². The van der Waals surface area contributed by atoms with E-state index in [9.17, 15) is 0 Å². The molecule has 0 aromatic heterocycles. The molecular formula is C36H35N. The fourth-order valence-electron chi connectivity index (χ4n) is 4.51. The van der Waals surface area contributed by atoms with Gasteiger partial charge in [-0.05, 0) is 66.3 Å². The number of rotatable bonds is 10. The second kappa shape index (κ2) is 13.1. The third-order valence-electron chi connectivity index (χ3n) is 6.52.